The molecule has 2 atom stereocenters. The van der Waals surface area contributed by atoms with Gasteiger partial charge in [-0.05, 0) is 55.5 Å². The first kappa shape index (κ1) is 29.4. The SMILES string of the molecule is CCc1nccc(C)c1-n1c(=O)nc(N2CCN(C(=O)O)C(C(C)(C)C)C2C)c2cc(Cl)c(-c3ccccc3F)nc21. The fourth-order valence-corrected chi connectivity index (χ4v) is 6.49. The molecular formula is C31H34ClFN6O3. The van der Waals surface area contributed by atoms with Crippen molar-refractivity contribution in [2.75, 3.05) is 18.0 Å². The molecule has 220 valence electrons. The number of carbonyl (C=O) groups is 1. The first-order valence-corrected chi connectivity index (χ1v) is 14.3. The van der Waals surface area contributed by atoms with Crippen LogP contribution in [0.2, 0.25) is 5.02 Å². The Kier molecular flexibility index (Phi) is 7.70. The number of hydrogen-bond donors (Lipinski definition) is 1. The smallest absolute Gasteiger partial charge is 0.407 e. The highest BCUT2D eigenvalue weighted by atomic mass is 35.5. The first-order valence-electron chi connectivity index (χ1n) is 13.9. The molecule has 4 aromatic rings. The minimum Gasteiger partial charge on any atom is -0.465 e. The quantitative estimate of drug-likeness (QED) is 0.305. The molecule has 0 radical (unpaired) electrons. The van der Waals surface area contributed by atoms with Crippen LogP contribution >= 0.6 is 11.6 Å². The van der Waals surface area contributed by atoms with Crippen LogP contribution in [0.1, 0.15) is 45.9 Å². The fourth-order valence-electron chi connectivity index (χ4n) is 6.23. The zero-order valence-electron chi connectivity index (χ0n) is 24.5. The molecule has 1 saturated heterocycles. The fraction of sp³-hybridized carbons (Fsp3) is 0.387. The summed E-state index contributed by atoms with van der Waals surface area (Å²) in [6.07, 6.45) is 1.26. The number of pyridine rings is 2. The Morgan fingerprint density at radius 3 is 2.52 bits per heavy atom. The molecule has 0 aliphatic carbocycles. The minimum atomic E-state index is -0.993. The van der Waals surface area contributed by atoms with Gasteiger partial charge in [0.15, 0.2) is 5.65 Å². The Morgan fingerprint density at radius 1 is 1.17 bits per heavy atom. The van der Waals surface area contributed by atoms with E-state index in [0.717, 1.165) is 5.56 Å². The molecule has 2 unspecified atom stereocenters. The molecular weight excluding hydrogens is 559 g/mol. The molecule has 1 fully saturated rings. The van der Waals surface area contributed by atoms with Gasteiger partial charge in [-0.25, -0.2) is 23.5 Å². The molecule has 1 aromatic carbocycles. The molecule has 0 spiro atoms. The Morgan fingerprint density at radius 2 is 1.88 bits per heavy atom. The van der Waals surface area contributed by atoms with Gasteiger partial charge in [0, 0.05) is 30.9 Å². The number of aryl methyl sites for hydroxylation is 2. The maximum absolute atomic E-state index is 15.0. The number of benzene rings is 1. The van der Waals surface area contributed by atoms with Crippen molar-refractivity contribution in [1.82, 2.24) is 24.4 Å². The van der Waals surface area contributed by atoms with Gasteiger partial charge >= 0.3 is 11.8 Å². The zero-order valence-corrected chi connectivity index (χ0v) is 25.3. The molecule has 5 rings (SSSR count). The van der Waals surface area contributed by atoms with Gasteiger partial charge in [0.25, 0.3) is 0 Å². The number of hydrogen-bond acceptors (Lipinski definition) is 6. The van der Waals surface area contributed by atoms with E-state index in [1.165, 1.54) is 15.5 Å². The van der Waals surface area contributed by atoms with Crippen molar-refractivity contribution in [3.63, 3.8) is 0 Å². The lowest BCUT2D eigenvalue weighted by Gasteiger charge is -2.51. The molecule has 3 aromatic heterocycles. The topological polar surface area (TPSA) is 104 Å². The van der Waals surface area contributed by atoms with Crippen LogP contribution in [0, 0.1) is 18.2 Å². The summed E-state index contributed by atoms with van der Waals surface area (Å²) in [5.74, 6) is -0.139. The van der Waals surface area contributed by atoms with Gasteiger partial charge in [0.1, 0.15) is 11.6 Å². The first-order chi connectivity index (χ1) is 19.8. The Hall–Kier alpha value is -4.05. The summed E-state index contributed by atoms with van der Waals surface area (Å²) in [6, 6.07) is 8.96. The van der Waals surface area contributed by atoms with Gasteiger partial charge in [-0.15, -0.1) is 0 Å². The van der Waals surface area contributed by atoms with Crippen LogP contribution in [0.3, 0.4) is 0 Å². The summed E-state index contributed by atoms with van der Waals surface area (Å²) in [7, 11) is 0. The van der Waals surface area contributed by atoms with E-state index in [9.17, 15) is 19.1 Å². The van der Waals surface area contributed by atoms with Gasteiger partial charge in [-0.3, -0.25) is 4.98 Å². The standard InChI is InChI=1S/C31H34ClFN6O3/c1-7-23-25(17(2)12-13-34-23)39-28-20(16-21(32)24(35-28)19-10-8-9-11-22(19)33)27(36-29(39)40)37-14-15-38(30(41)42)26(18(37)3)31(4,5)6/h8-13,16,18,26H,7,14-15H2,1-6H3,(H,41,42). The number of piperazine rings is 1. The van der Waals surface area contributed by atoms with Crippen molar-refractivity contribution < 1.29 is 14.3 Å². The summed E-state index contributed by atoms with van der Waals surface area (Å²) >= 11 is 6.79. The summed E-state index contributed by atoms with van der Waals surface area (Å²) < 4.78 is 16.4. The average molecular weight is 593 g/mol. The van der Waals surface area contributed by atoms with E-state index in [-0.39, 0.29) is 34.5 Å². The van der Waals surface area contributed by atoms with Gasteiger partial charge in [0.2, 0.25) is 0 Å². The third-order valence-electron chi connectivity index (χ3n) is 7.96. The Bertz CT molecular complexity index is 1750. The molecule has 42 heavy (non-hydrogen) atoms. The number of anilines is 1. The summed E-state index contributed by atoms with van der Waals surface area (Å²) in [5.41, 5.74) is 1.75. The van der Waals surface area contributed by atoms with Crippen LogP contribution in [0.15, 0.2) is 47.4 Å². The van der Waals surface area contributed by atoms with Crippen molar-refractivity contribution in [3.05, 3.63) is 75.2 Å². The molecule has 9 nitrogen and oxygen atoms in total. The van der Waals surface area contributed by atoms with Gasteiger partial charge in [0.05, 0.1) is 33.5 Å². The van der Waals surface area contributed by atoms with E-state index >= 15 is 0 Å². The zero-order chi connectivity index (χ0) is 30.5. The van der Waals surface area contributed by atoms with Crippen LogP contribution in [0.4, 0.5) is 15.0 Å². The highest BCUT2D eigenvalue weighted by Crippen LogP contribution is 2.38. The summed E-state index contributed by atoms with van der Waals surface area (Å²) in [6.45, 7) is 12.3. The number of rotatable bonds is 4. The van der Waals surface area contributed by atoms with Crippen LogP contribution in [-0.2, 0) is 6.42 Å². The van der Waals surface area contributed by atoms with Crippen molar-refractivity contribution in [2.24, 2.45) is 5.41 Å². The highest BCUT2D eigenvalue weighted by Gasteiger charge is 2.44. The number of amides is 1. The largest absolute Gasteiger partial charge is 0.465 e. The molecule has 11 heteroatoms. The highest BCUT2D eigenvalue weighted by molar-refractivity contribution is 6.33. The van der Waals surface area contributed by atoms with Crippen molar-refractivity contribution >= 4 is 34.5 Å². The predicted octanol–water partition coefficient (Wildman–Crippen LogP) is 6.11. The Balaban J connectivity index is 1.84. The summed E-state index contributed by atoms with van der Waals surface area (Å²) in [4.78, 5) is 43.5. The maximum atomic E-state index is 15.0. The van der Waals surface area contributed by atoms with Crippen LogP contribution in [0.25, 0.3) is 28.0 Å². The second kappa shape index (κ2) is 11.0. The number of halogens is 2. The lowest BCUT2D eigenvalue weighted by atomic mass is 9.80. The van der Waals surface area contributed by atoms with Crippen molar-refractivity contribution in [1.29, 1.82) is 0 Å². The van der Waals surface area contributed by atoms with Gasteiger partial charge in [-0.1, -0.05) is 51.4 Å². The van der Waals surface area contributed by atoms with E-state index in [4.69, 9.17) is 16.6 Å². The van der Waals surface area contributed by atoms with E-state index in [1.807, 2.05) is 52.5 Å². The number of aromatic nitrogens is 4. The number of fused-ring (bicyclic) bond motifs is 1. The molecule has 4 heterocycles. The van der Waals surface area contributed by atoms with Crippen LogP contribution in [0.5, 0.6) is 0 Å². The van der Waals surface area contributed by atoms with Crippen molar-refractivity contribution in [2.45, 2.75) is 60.0 Å². The van der Waals surface area contributed by atoms with E-state index in [1.54, 1.807) is 30.5 Å². The third kappa shape index (κ3) is 4.98. The lowest BCUT2D eigenvalue weighted by molar-refractivity contribution is 0.0562. The third-order valence-corrected chi connectivity index (χ3v) is 8.25. The van der Waals surface area contributed by atoms with E-state index in [0.29, 0.717) is 35.6 Å². The van der Waals surface area contributed by atoms with E-state index < -0.39 is 29.1 Å². The molecule has 0 bridgehead atoms. The minimum absolute atomic E-state index is 0.198. The van der Waals surface area contributed by atoms with Crippen LogP contribution < -0.4 is 10.6 Å². The Labute approximate surface area is 248 Å². The average Bonchev–Trinajstić information content (AvgIpc) is 2.92. The lowest BCUT2D eigenvalue weighted by Crippen LogP contribution is -2.64. The monoisotopic (exact) mass is 592 g/mol. The van der Waals surface area contributed by atoms with E-state index in [2.05, 4.69) is 9.97 Å². The molecule has 1 aliphatic rings. The molecule has 0 saturated carbocycles. The van der Waals surface area contributed by atoms with Gasteiger partial charge < -0.3 is 14.9 Å². The van der Waals surface area contributed by atoms with Gasteiger partial charge in [-0.2, -0.15) is 4.98 Å². The normalized spacial score (nSPS) is 17.6. The van der Waals surface area contributed by atoms with Crippen molar-refractivity contribution in [3.8, 4) is 16.9 Å². The number of carboxylic acid groups (broad SMARTS) is 1. The maximum Gasteiger partial charge on any atom is 0.407 e. The molecule has 1 aliphatic heterocycles. The predicted molar refractivity (Wildman–Crippen MR) is 162 cm³/mol. The molecule has 1 N–H and O–H groups in total. The number of nitrogens with zero attached hydrogens (tertiary/aromatic N) is 6. The molecule has 1 amide bonds. The second-order valence-electron chi connectivity index (χ2n) is 11.7. The van der Waals surface area contributed by atoms with Crippen LogP contribution in [-0.4, -0.2) is 60.8 Å². The summed E-state index contributed by atoms with van der Waals surface area (Å²) in [5, 5.41) is 10.7. The second-order valence-corrected chi connectivity index (χ2v) is 12.1.